The van der Waals surface area contributed by atoms with Gasteiger partial charge in [0, 0.05) is 17.5 Å². The van der Waals surface area contributed by atoms with Crippen LogP contribution in [0.15, 0.2) is 23.6 Å². The number of carbonyl (C=O) groups is 1. The molecule has 1 aromatic heterocycles. The van der Waals surface area contributed by atoms with Crippen molar-refractivity contribution in [2.24, 2.45) is 0 Å². The standard InChI is InChI=1S/C15H17N3O4S2/c1-3-6-18-12-7-10(4-5-13(12)22-8-14(18)19)11-9-23-15(16-11)17-24(2,20)21/h4-5,7,9H,3,6,8H2,1-2H3,(H,16,17). The molecule has 1 aliphatic rings. The van der Waals surface area contributed by atoms with E-state index in [9.17, 15) is 13.2 Å². The third-order valence-electron chi connectivity index (χ3n) is 3.42. The van der Waals surface area contributed by atoms with Crippen molar-refractivity contribution in [2.75, 3.05) is 29.0 Å². The van der Waals surface area contributed by atoms with Crippen molar-refractivity contribution in [1.82, 2.24) is 4.98 Å². The zero-order valence-corrected chi connectivity index (χ0v) is 14.9. The molecule has 1 aliphatic heterocycles. The van der Waals surface area contributed by atoms with Gasteiger partial charge in [-0.25, -0.2) is 13.4 Å². The van der Waals surface area contributed by atoms with Crippen molar-refractivity contribution in [3.63, 3.8) is 0 Å². The lowest BCUT2D eigenvalue weighted by Gasteiger charge is -2.29. The summed E-state index contributed by atoms with van der Waals surface area (Å²) >= 11 is 1.21. The van der Waals surface area contributed by atoms with Crippen LogP contribution in [0.5, 0.6) is 5.75 Å². The minimum atomic E-state index is -3.36. The predicted octanol–water partition coefficient (Wildman–Crippen LogP) is 2.32. The molecule has 0 aliphatic carbocycles. The SMILES string of the molecule is CCCN1C(=O)COc2ccc(-c3csc(NS(C)(=O)=O)n3)cc21. The number of ether oxygens (including phenoxy) is 1. The second kappa shape index (κ2) is 6.40. The molecule has 2 heterocycles. The Morgan fingerprint density at radius 1 is 1.42 bits per heavy atom. The van der Waals surface area contributed by atoms with E-state index in [-0.39, 0.29) is 12.5 Å². The summed E-state index contributed by atoms with van der Waals surface area (Å²) in [6.07, 6.45) is 1.92. The highest BCUT2D eigenvalue weighted by Gasteiger charge is 2.25. The van der Waals surface area contributed by atoms with Crippen molar-refractivity contribution < 1.29 is 17.9 Å². The van der Waals surface area contributed by atoms with E-state index >= 15 is 0 Å². The first kappa shape index (κ1) is 16.7. The van der Waals surface area contributed by atoms with Gasteiger partial charge in [0.05, 0.1) is 17.6 Å². The molecule has 128 valence electrons. The molecule has 1 aromatic carbocycles. The monoisotopic (exact) mass is 367 g/mol. The molecule has 0 unspecified atom stereocenters. The van der Waals surface area contributed by atoms with Crippen LogP contribution in [-0.2, 0) is 14.8 Å². The highest BCUT2D eigenvalue weighted by atomic mass is 32.2. The molecule has 2 aromatic rings. The van der Waals surface area contributed by atoms with Gasteiger partial charge in [-0.05, 0) is 24.6 Å². The Morgan fingerprint density at radius 2 is 2.21 bits per heavy atom. The minimum absolute atomic E-state index is 0.0471. The molecule has 0 atom stereocenters. The minimum Gasteiger partial charge on any atom is -0.482 e. The molecule has 0 spiro atoms. The van der Waals surface area contributed by atoms with E-state index in [2.05, 4.69) is 9.71 Å². The lowest BCUT2D eigenvalue weighted by molar-refractivity contribution is -0.121. The molecule has 7 nitrogen and oxygen atoms in total. The number of nitrogens with one attached hydrogen (secondary N) is 1. The summed E-state index contributed by atoms with van der Waals surface area (Å²) in [6, 6.07) is 5.50. The fourth-order valence-electron chi connectivity index (χ4n) is 2.44. The Kier molecular flexibility index (Phi) is 4.46. The first-order valence-electron chi connectivity index (χ1n) is 7.38. The van der Waals surface area contributed by atoms with E-state index in [1.54, 1.807) is 10.3 Å². The number of thiazole rings is 1. The van der Waals surface area contributed by atoms with Gasteiger partial charge in [0.25, 0.3) is 5.91 Å². The smallest absolute Gasteiger partial charge is 0.265 e. The maximum Gasteiger partial charge on any atom is 0.265 e. The second-order valence-electron chi connectivity index (χ2n) is 5.43. The summed E-state index contributed by atoms with van der Waals surface area (Å²) in [7, 11) is -3.36. The molecule has 1 amide bonds. The lowest BCUT2D eigenvalue weighted by atomic mass is 10.1. The highest BCUT2D eigenvalue weighted by Crippen LogP contribution is 2.36. The average molecular weight is 367 g/mol. The van der Waals surface area contributed by atoms with E-state index in [0.717, 1.165) is 23.9 Å². The zero-order valence-electron chi connectivity index (χ0n) is 13.3. The zero-order chi connectivity index (χ0) is 17.3. The van der Waals surface area contributed by atoms with Gasteiger partial charge in [-0.3, -0.25) is 9.52 Å². The Hall–Kier alpha value is -2.13. The Balaban J connectivity index is 1.95. The number of amides is 1. The molecule has 9 heteroatoms. The molecule has 3 rings (SSSR count). The third kappa shape index (κ3) is 3.51. The van der Waals surface area contributed by atoms with Crippen LogP contribution < -0.4 is 14.4 Å². The van der Waals surface area contributed by atoms with Gasteiger partial charge in [0.1, 0.15) is 5.75 Å². The number of fused-ring (bicyclic) bond motifs is 1. The van der Waals surface area contributed by atoms with Gasteiger partial charge in [-0.15, -0.1) is 11.3 Å². The van der Waals surface area contributed by atoms with Crippen molar-refractivity contribution in [3.05, 3.63) is 23.6 Å². The highest BCUT2D eigenvalue weighted by molar-refractivity contribution is 7.92. The number of sulfonamides is 1. The Bertz CT molecular complexity index is 877. The van der Waals surface area contributed by atoms with Crippen molar-refractivity contribution in [3.8, 4) is 17.0 Å². The van der Waals surface area contributed by atoms with E-state index in [0.29, 0.717) is 23.1 Å². The number of carbonyl (C=O) groups excluding carboxylic acids is 1. The Labute approximate surface area is 144 Å². The van der Waals surface area contributed by atoms with Gasteiger partial charge in [-0.1, -0.05) is 6.92 Å². The number of nitrogens with zero attached hydrogens (tertiary/aromatic N) is 2. The molecule has 0 saturated heterocycles. The number of hydrogen-bond donors (Lipinski definition) is 1. The lowest BCUT2D eigenvalue weighted by Crippen LogP contribution is -2.39. The maximum atomic E-state index is 12.1. The maximum absolute atomic E-state index is 12.1. The fourth-order valence-corrected chi connectivity index (χ4v) is 4.01. The molecule has 0 radical (unpaired) electrons. The van der Waals surface area contributed by atoms with Crippen molar-refractivity contribution >= 4 is 38.1 Å². The van der Waals surface area contributed by atoms with Crippen LogP contribution in [0.4, 0.5) is 10.8 Å². The van der Waals surface area contributed by atoms with Crippen LogP contribution in [0.25, 0.3) is 11.3 Å². The van der Waals surface area contributed by atoms with Crippen LogP contribution in [-0.4, -0.2) is 38.7 Å². The summed E-state index contributed by atoms with van der Waals surface area (Å²) in [4.78, 5) is 18.1. The van der Waals surface area contributed by atoms with Gasteiger partial charge in [0.15, 0.2) is 11.7 Å². The molecule has 24 heavy (non-hydrogen) atoms. The third-order valence-corrected chi connectivity index (χ3v) is 4.87. The summed E-state index contributed by atoms with van der Waals surface area (Å²) < 4.78 is 30.4. The number of anilines is 2. The van der Waals surface area contributed by atoms with Gasteiger partial charge < -0.3 is 9.64 Å². The van der Waals surface area contributed by atoms with E-state index < -0.39 is 10.0 Å². The van der Waals surface area contributed by atoms with Crippen LogP contribution in [0.3, 0.4) is 0 Å². The molecular formula is C15H17N3O4S2. The van der Waals surface area contributed by atoms with Crippen LogP contribution in [0.2, 0.25) is 0 Å². The number of hydrogen-bond acceptors (Lipinski definition) is 6. The van der Waals surface area contributed by atoms with E-state index in [1.807, 2.05) is 25.1 Å². The summed E-state index contributed by atoms with van der Waals surface area (Å²) in [5, 5.41) is 2.08. The molecule has 0 fully saturated rings. The molecule has 0 bridgehead atoms. The molecule has 0 saturated carbocycles. The first-order chi connectivity index (χ1) is 11.4. The van der Waals surface area contributed by atoms with Gasteiger partial charge >= 0.3 is 0 Å². The van der Waals surface area contributed by atoms with Crippen LogP contribution >= 0.6 is 11.3 Å². The van der Waals surface area contributed by atoms with E-state index in [1.165, 1.54) is 11.3 Å². The van der Waals surface area contributed by atoms with Crippen LogP contribution in [0, 0.1) is 0 Å². The van der Waals surface area contributed by atoms with E-state index in [4.69, 9.17) is 4.74 Å². The van der Waals surface area contributed by atoms with Crippen LogP contribution in [0.1, 0.15) is 13.3 Å². The summed E-state index contributed by atoms with van der Waals surface area (Å²) in [5.74, 6) is 0.593. The van der Waals surface area contributed by atoms with Gasteiger partial charge in [0.2, 0.25) is 10.0 Å². The second-order valence-corrected chi connectivity index (χ2v) is 8.04. The van der Waals surface area contributed by atoms with Gasteiger partial charge in [-0.2, -0.15) is 0 Å². The quantitative estimate of drug-likeness (QED) is 0.876. The average Bonchev–Trinajstić information content (AvgIpc) is 2.96. The number of aromatic nitrogens is 1. The fraction of sp³-hybridized carbons (Fsp3) is 0.333. The summed E-state index contributed by atoms with van der Waals surface area (Å²) in [5.41, 5.74) is 2.16. The molecule has 1 N–H and O–H groups in total. The van der Waals surface area contributed by atoms with Crippen molar-refractivity contribution in [2.45, 2.75) is 13.3 Å². The van der Waals surface area contributed by atoms with Crippen molar-refractivity contribution in [1.29, 1.82) is 0 Å². The summed E-state index contributed by atoms with van der Waals surface area (Å²) in [6.45, 7) is 2.68. The number of benzene rings is 1. The first-order valence-corrected chi connectivity index (χ1v) is 10.2. The Morgan fingerprint density at radius 3 is 2.92 bits per heavy atom. The molecular weight excluding hydrogens is 350 g/mol. The largest absolute Gasteiger partial charge is 0.482 e. The predicted molar refractivity (Wildman–Crippen MR) is 94.2 cm³/mol. The topological polar surface area (TPSA) is 88.6 Å². The number of rotatable bonds is 5. The normalized spacial score (nSPS) is 14.2.